The lowest BCUT2D eigenvalue weighted by atomic mass is 10.1. The summed E-state index contributed by atoms with van der Waals surface area (Å²) in [5, 5.41) is 12.7. The fraction of sp³-hybridized carbons (Fsp3) is 0.636. The van der Waals surface area contributed by atoms with Crippen molar-refractivity contribution in [3.8, 4) is 0 Å². The van der Waals surface area contributed by atoms with Crippen molar-refractivity contribution in [2.24, 2.45) is 5.11 Å². The molecule has 0 radical (unpaired) electrons. The summed E-state index contributed by atoms with van der Waals surface area (Å²) in [5.41, 5.74) is 7.60. The Balaban J connectivity index is 2.34. The number of H-pyrrole nitrogens is 1. The lowest BCUT2D eigenvalue weighted by Crippen LogP contribution is -2.34. The number of rotatable bonds is 5. The number of aromatic amines is 1. The maximum absolute atomic E-state index is 11.9. The molecule has 0 spiro atoms. The predicted octanol–water partition coefficient (Wildman–Crippen LogP) is -0.358. The van der Waals surface area contributed by atoms with E-state index >= 15 is 0 Å². The average molecular weight is 297 g/mol. The first-order valence-electron chi connectivity index (χ1n) is 6.24. The van der Waals surface area contributed by atoms with Crippen molar-refractivity contribution in [1.29, 1.82) is 0 Å². The third kappa shape index (κ3) is 3.14. The Hall–Kier alpha value is -2.13. The zero-order valence-corrected chi connectivity index (χ0v) is 11.3. The lowest BCUT2D eigenvalue weighted by Gasteiger charge is -2.15. The van der Waals surface area contributed by atoms with Crippen molar-refractivity contribution in [3.63, 3.8) is 0 Å². The molecule has 0 saturated carbocycles. The van der Waals surface area contributed by atoms with Gasteiger partial charge in [0.25, 0.3) is 5.56 Å². The molecule has 2 heterocycles. The Morgan fingerprint density at radius 1 is 1.67 bits per heavy atom. The van der Waals surface area contributed by atoms with Gasteiger partial charge in [-0.15, -0.1) is 0 Å². The summed E-state index contributed by atoms with van der Waals surface area (Å²) in [6, 6.07) is -0.574. The van der Waals surface area contributed by atoms with Gasteiger partial charge < -0.3 is 14.6 Å². The molecule has 0 aliphatic carbocycles. The molecule has 1 aliphatic heterocycles. The van der Waals surface area contributed by atoms with Gasteiger partial charge in [0.05, 0.1) is 30.9 Å². The zero-order valence-electron chi connectivity index (χ0n) is 11.3. The molecule has 10 nitrogen and oxygen atoms in total. The molecule has 2 N–H and O–H groups in total. The maximum atomic E-state index is 11.9. The first-order valence-corrected chi connectivity index (χ1v) is 6.24. The van der Waals surface area contributed by atoms with Crippen molar-refractivity contribution in [1.82, 2.24) is 9.55 Å². The van der Waals surface area contributed by atoms with Gasteiger partial charge in [0.1, 0.15) is 6.23 Å². The van der Waals surface area contributed by atoms with E-state index in [1.807, 2.05) is 0 Å². The summed E-state index contributed by atoms with van der Waals surface area (Å²) in [7, 11) is 1.43. The van der Waals surface area contributed by atoms with Crippen LogP contribution >= 0.6 is 0 Å². The van der Waals surface area contributed by atoms with Gasteiger partial charge in [0.15, 0.2) is 0 Å². The second-order valence-corrected chi connectivity index (χ2v) is 4.57. The number of hydrogen-bond acceptors (Lipinski definition) is 6. The van der Waals surface area contributed by atoms with Gasteiger partial charge in [-0.05, 0) is 5.53 Å². The van der Waals surface area contributed by atoms with Crippen molar-refractivity contribution in [2.75, 3.05) is 13.7 Å². The largest absolute Gasteiger partial charge is 0.394 e. The molecule has 10 heteroatoms. The summed E-state index contributed by atoms with van der Waals surface area (Å²) in [5.74, 6) is 0. The van der Waals surface area contributed by atoms with Crippen molar-refractivity contribution < 1.29 is 14.6 Å². The molecule has 0 bridgehead atoms. The maximum Gasteiger partial charge on any atom is 0.330 e. The lowest BCUT2D eigenvalue weighted by molar-refractivity contribution is -0.0273. The van der Waals surface area contributed by atoms with Crippen LogP contribution in [0.2, 0.25) is 0 Å². The highest BCUT2D eigenvalue weighted by Crippen LogP contribution is 2.29. The first kappa shape index (κ1) is 15.3. The molecule has 0 unspecified atom stereocenters. The molecular weight excluding hydrogens is 282 g/mol. The zero-order chi connectivity index (χ0) is 15.4. The van der Waals surface area contributed by atoms with Gasteiger partial charge in [-0.2, -0.15) is 0 Å². The molecule has 1 aromatic rings. The summed E-state index contributed by atoms with van der Waals surface area (Å²) < 4.78 is 11.6. The Morgan fingerprint density at radius 2 is 2.43 bits per heavy atom. The van der Waals surface area contributed by atoms with E-state index in [0.29, 0.717) is 0 Å². The highest BCUT2D eigenvalue weighted by atomic mass is 16.5. The SMILES string of the molecule is COCc1cn([C@@H]2C[C@H](N=[N+]=[N-])[C@@H](CO)O2)c(=O)[nH]c1=O. The van der Waals surface area contributed by atoms with Crippen LogP contribution in [0.25, 0.3) is 10.4 Å². The van der Waals surface area contributed by atoms with Crippen LogP contribution in [0.5, 0.6) is 0 Å². The Morgan fingerprint density at radius 3 is 3.05 bits per heavy atom. The fourth-order valence-corrected chi connectivity index (χ4v) is 2.24. The molecule has 0 amide bonds. The number of ether oxygens (including phenoxy) is 2. The number of aromatic nitrogens is 2. The van der Waals surface area contributed by atoms with Crippen molar-refractivity contribution in [3.05, 3.63) is 43.0 Å². The summed E-state index contributed by atoms with van der Waals surface area (Å²) in [4.78, 5) is 28.3. The number of aliphatic hydroxyl groups is 1. The molecule has 1 aromatic heterocycles. The number of nitrogens with one attached hydrogen (secondary N) is 1. The van der Waals surface area contributed by atoms with Crippen molar-refractivity contribution in [2.45, 2.75) is 31.4 Å². The average Bonchev–Trinajstić information content (AvgIpc) is 2.85. The minimum atomic E-state index is -0.724. The van der Waals surface area contributed by atoms with E-state index in [-0.39, 0.29) is 25.2 Å². The second kappa shape index (κ2) is 6.55. The first-order chi connectivity index (χ1) is 10.1. The van der Waals surface area contributed by atoms with Crippen molar-refractivity contribution >= 4 is 0 Å². The Bertz CT molecular complexity index is 662. The van der Waals surface area contributed by atoms with E-state index in [1.54, 1.807) is 0 Å². The van der Waals surface area contributed by atoms with Crippen LogP contribution in [-0.4, -0.2) is 40.5 Å². The minimum Gasteiger partial charge on any atom is -0.394 e. The molecule has 2 rings (SSSR count). The van der Waals surface area contributed by atoms with E-state index in [2.05, 4.69) is 15.0 Å². The highest BCUT2D eigenvalue weighted by Gasteiger charge is 2.35. The second-order valence-electron chi connectivity index (χ2n) is 4.57. The van der Waals surface area contributed by atoms with Gasteiger partial charge in [0, 0.05) is 24.6 Å². The van der Waals surface area contributed by atoms with Gasteiger partial charge in [-0.1, -0.05) is 5.11 Å². The molecule has 3 atom stereocenters. The monoisotopic (exact) mass is 297 g/mol. The van der Waals surface area contributed by atoms with E-state index in [0.717, 1.165) is 0 Å². The quantitative estimate of drug-likeness (QED) is 0.433. The van der Waals surface area contributed by atoms with E-state index in [9.17, 15) is 14.7 Å². The third-order valence-electron chi connectivity index (χ3n) is 3.24. The van der Waals surface area contributed by atoms with Gasteiger partial charge in [-0.3, -0.25) is 14.3 Å². The molecule has 1 saturated heterocycles. The topological polar surface area (TPSA) is 142 Å². The number of aliphatic hydroxyl groups excluding tert-OH is 1. The summed E-state index contributed by atoms with van der Waals surface area (Å²) in [6.07, 6.45) is 0.170. The van der Waals surface area contributed by atoms with E-state index < -0.39 is 29.6 Å². The van der Waals surface area contributed by atoms with Gasteiger partial charge in [0.2, 0.25) is 0 Å². The molecular formula is C11H15N5O5. The molecule has 114 valence electrons. The van der Waals surface area contributed by atoms with Crippen LogP contribution in [0, 0.1) is 0 Å². The van der Waals surface area contributed by atoms with Crippen LogP contribution < -0.4 is 11.2 Å². The van der Waals surface area contributed by atoms with Crippen LogP contribution in [-0.2, 0) is 16.1 Å². The summed E-state index contributed by atoms with van der Waals surface area (Å²) >= 11 is 0. The molecule has 21 heavy (non-hydrogen) atoms. The third-order valence-corrected chi connectivity index (χ3v) is 3.24. The van der Waals surface area contributed by atoms with Crippen LogP contribution in [0.1, 0.15) is 18.2 Å². The molecule has 0 aromatic carbocycles. The predicted molar refractivity (Wildman–Crippen MR) is 70.6 cm³/mol. The number of nitrogens with zero attached hydrogens (tertiary/aromatic N) is 4. The standard InChI is InChI=1S/C11H15N5O5/c1-20-5-6-3-16(11(19)13-10(6)18)9-2-7(14-15-12)8(4-17)21-9/h3,7-9,17H,2,4-5H2,1H3,(H,13,18,19)/t7-,8+,9-/m0/s1. The fourth-order valence-electron chi connectivity index (χ4n) is 2.24. The van der Waals surface area contributed by atoms with Crippen LogP contribution in [0.15, 0.2) is 20.9 Å². The Kier molecular flexibility index (Phi) is 4.76. The van der Waals surface area contributed by atoms with E-state index in [4.69, 9.17) is 15.0 Å². The number of hydrogen-bond donors (Lipinski definition) is 2. The molecule has 1 fully saturated rings. The smallest absolute Gasteiger partial charge is 0.330 e. The van der Waals surface area contributed by atoms with Gasteiger partial charge >= 0.3 is 5.69 Å². The van der Waals surface area contributed by atoms with E-state index in [1.165, 1.54) is 17.9 Å². The minimum absolute atomic E-state index is 0.0472. The Labute approximate surface area is 118 Å². The highest BCUT2D eigenvalue weighted by molar-refractivity contribution is 5.04. The van der Waals surface area contributed by atoms with Crippen LogP contribution in [0.4, 0.5) is 0 Å². The van der Waals surface area contributed by atoms with Gasteiger partial charge in [-0.25, -0.2) is 4.79 Å². The summed E-state index contributed by atoms with van der Waals surface area (Å²) in [6.45, 7) is -0.283. The van der Waals surface area contributed by atoms with Crippen LogP contribution in [0.3, 0.4) is 0 Å². The molecule has 1 aliphatic rings. The number of azide groups is 1. The number of methoxy groups -OCH3 is 1. The normalized spacial score (nSPS) is 24.8.